The van der Waals surface area contributed by atoms with Gasteiger partial charge in [0, 0.05) is 12.7 Å². The van der Waals surface area contributed by atoms with Gasteiger partial charge in [0.15, 0.2) is 5.78 Å². The summed E-state index contributed by atoms with van der Waals surface area (Å²) in [6.07, 6.45) is 4.87. The Labute approximate surface area is 120 Å². The van der Waals surface area contributed by atoms with E-state index in [2.05, 4.69) is 34.9 Å². The van der Waals surface area contributed by atoms with E-state index in [1.165, 1.54) is 5.56 Å². The summed E-state index contributed by atoms with van der Waals surface area (Å²) in [5.74, 6) is 0.365. The summed E-state index contributed by atoms with van der Waals surface area (Å²) < 4.78 is 0. The van der Waals surface area contributed by atoms with Crippen LogP contribution < -0.4 is 0 Å². The average molecular weight is 273 g/mol. The highest BCUT2D eigenvalue weighted by Crippen LogP contribution is 2.33. The van der Waals surface area contributed by atoms with Crippen molar-refractivity contribution in [2.45, 2.75) is 31.2 Å². The van der Waals surface area contributed by atoms with Crippen molar-refractivity contribution >= 4 is 5.78 Å². The Morgan fingerprint density at radius 2 is 2.20 bits per heavy atom. The van der Waals surface area contributed by atoms with Gasteiger partial charge < -0.3 is 4.90 Å². The van der Waals surface area contributed by atoms with Crippen LogP contribution in [0.25, 0.3) is 0 Å². The van der Waals surface area contributed by atoms with Crippen molar-refractivity contribution < 1.29 is 4.79 Å². The Kier molecular flexibility index (Phi) is 3.85. The third kappa shape index (κ3) is 2.50. The molecule has 0 bridgehead atoms. The van der Waals surface area contributed by atoms with Crippen molar-refractivity contribution in [2.75, 3.05) is 33.7 Å². The number of nitrogens with zero attached hydrogens (tertiary/aromatic N) is 3. The molecule has 4 heteroatoms. The SMILES string of the molecule is CN1CCCN(C)C(C(=O)C2CCc3cccnc32)C1. The molecule has 1 saturated heterocycles. The minimum Gasteiger partial charge on any atom is -0.304 e. The number of fused-ring (bicyclic) bond motifs is 1. The third-order valence-corrected chi connectivity index (χ3v) is 4.70. The molecule has 0 spiro atoms. The quantitative estimate of drug-likeness (QED) is 0.814. The molecule has 1 aliphatic heterocycles. The predicted octanol–water partition coefficient (Wildman–Crippen LogP) is 1.32. The highest BCUT2D eigenvalue weighted by atomic mass is 16.1. The van der Waals surface area contributed by atoms with Gasteiger partial charge in [-0.2, -0.15) is 0 Å². The summed E-state index contributed by atoms with van der Waals surface area (Å²) in [4.78, 5) is 21.9. The zero-order valence-corrected chi connectivity index (χ0v) is 12.4. The number of hydrogen-bond donors (Lipinski definition) is 0. The Hall–Kier alpha value is -1.26. The number of carbonyl (C=O) groups is 1. The normalized spacial score (nSPS) is 28.1. The second-order valence-corrected chi connectivity index (χ2v) is 6.15. The van der Waals surface area contributed by atoms with Gasteiger partial charge in [-0.3, -0.25) is 14.7 Å². The lowest BCUT2D eigenvalue weighted by atomic mass is 9.94. The number of aromatic nitrogens is 1. The van der Waals surface area contributed by atoms with Crippen LogP contribution in [-0.2, 0) is 11.2 Å². The maximum atomic E-state index is 13.0. The van der Waals surface area contributed by atoms with Crippen LogP contribution in [0.2, 0.25) is 0 Å². The summed E-state index contributed by atoms with van der Waals surface area (Å²) in [5, 5.41) is 0. The first-order chi connectivity index (χ1) is 9.66. The van der Waals surface area contributed by atoms with E-state index < -0.39 is 0 Å². The van der Waals surface area contributed by atoms with E-state index in [4.69, 9.17) is 0 Å². The summed E-state index contributed by atoms with van der Waals surface area (Å²) in [6, 6.07) is 4.09. The van der Waals surface area contributed by atoms with Crippen molar-refractivity contribution in [3.05, 3.63) is 29.6 Å². The van der Waals surface area contributed by atoms with E-state index in [-0.39, 0.29) is 12.0 Å². The van der Waals surface area contributed by atoms with E-state index in [1.807, 2.05) is 12.3 Å². The minimum atomic E-state index is 0.00477. The molecule has 0 N–H and O–H groups in total. The van der Waals surface area contributed by atoms with Crippen molar-refractivity contribution in [3.8, 4) is 0 Å². The highest BCUT2D eigenvalue weighted by Gasteiger charge is 2.36. The molecule has 3 rings (SSSR count). The van der Waals surface area contributed by atoms with E-state index in [9.17, 15) is 4.79 Å². The second kappa shape index (κ2) is 5.62. The summed E-state index contributed by atoms with van der Waals surface area (Å²) in [5.41, 5.74) is 2.29. The lowest BCUT2D eigenvalue weighted by Crippen LogP contribution is -2.45. The Bertz CT molecular complexity index is 502. The Morgan fingerprint density at radius 3 is 3.05 bits per heavy atom. The van der Waals surface area contributed by atoms with E-state index in [1.54, 1.807) is 0 Å². The largest absolute Gasteiger partial charge is 0.304 e. The van der Waals surface area contributed by atoms with Crippen LogP contribution in [-0.4, -0.2) is 60.3 Å². The second-order valence-electron chi connectivity index (χ2n) is 6.15. The van der Waals surface area contributed by atoms with Crippen LogP contribution in [0, 0.1) is 0 Å². The first kappa shape index (κ1) is 13.7. The molecule has 2 unspecified atom stereocenters. The van der Waals surface area contributed by atoms with Gasteiger partial charge in [0.1, 0.15) is 0 Å². The van der Waals surface area contributed by atoms with Gasteiger partial charge in [-0.1, -0.05) is 6.07 Å². The van der Waals surface area contributed by atoms with Crippen molar-refractivity contribution in [2.24, 2.45) is 0 Å². The molecule has 1 aromatic heterocycles. The molecule has 1 fully saturated rings. The number of aryl methyl sites for hydroxylation is 1. The molecular formula is C16H23N3O. The predicted molar refractivity (Wildman–Crippen MR) is 78.8 cm³/mol. The number of pyridine rings is 1. The Morgan fingerprint density at radius 1 is 1.35 bits per heavy atom. The van der Waals surface area contributed by atoms with Gasteiger partial charge in [0.05, 0.1) is 17.7 Å². The van der Waals surface area contributed by atoms with Crippen LogP contribution in [0.5, 0.6) is 0 Å². The van der Waals surface area contributed by atoms with Crippen molar-refractivity contribution in [1.82, 2.24) is 14.8 Å². The number of Topliss-reactive ketones (excluding diaryl/α,β-unsaturated/α-hetero) is 1. The maximum Gasteiger partial charge on any atom is 0.160 e. The fraction of sp³-hybridized carbons (Fsp3) is 0.625. The van der Waals surface area contributed by atoms with Gasteiger partial charge in [0.25, 0.3) is 0 Å². The highest BCUT2D eigenvalue weighted by molar-refractivity contribution is 5.91. The number of rotatable bonds is 2. The monoisotopic (exact) mass is 273 g/mol. The van der Waals surface area contributed by atoms with Crippen LogP contribution >= 0.6 is 0 Å². The number of hydrogen-bond acceptors (Lipinski definition) is 4. The molecule has 0 radical (unpaired) electrons. The van der Waals surface area contributed by atoms with Gasteiger partial charge in [0.2, 0.25) is 0 Å². The zero-order valence-electron chi connectivity index (χ0n) is 12.4. The van der Waals surface area contributed by atoms with Gasteiger partial charge >= 0.3 is 0 Å². The minimum absolute atomic E-state index is 0.00477. The van der Waals surface area contributed by atoms with Crippen LogP contribution in [0.1, 0.15) is 30.0 Å². The fourth-order valence-corrected chi connectivity index (χ4v) is 3.50. The topological polar surface area (TPSA) is 36.4 Å². The van der Waals surface area contributed by atoms with Crippen LogP contribution in [0.4, 0.5) is 0 Å². The maximum absolute atomic E-state index is 13.0. The first-order valence-corrected chi connectivity index (χ1v) is 7.53. The van der Waals surface area contributed by atoms with Crippen molar-refractivity contribution in [3.63, 3.8) is 0 Å². The number of likely N-dealkylation sites (N-methyl/N-ethyl adjacent to an activating group) is 2. The zero-order chi connectivity index (χ0) is 14.1. The molecular weight excluding hydrogens is 250 g/mol. The van der Waals surface area contributed by atoms with Gasteiger partial charge in [-0.25, -0.2) is 0 Å². The molecule has 0 amide bonds. The summed E-state index contributed by atoms with van der Waals surface area (Å²) in [7, 11) is 4.19. The molecule has 2 atom stereocenters. The molecule has 1 aliphatic carbocycles. The molecule has 2 heterocycles. The molecule has 4 nitrogen and oxygen atoms in total. The van der Waals surface area contributed by atoms with Crippen LogP contribution in [0.15, 0.2) is 18.3 Å². The standard InChI is InChI=1S/C16H23N3O/c1-18-9-4-10-19(2)14(11-18)16(20)13-7-6-12-5-3-8-17-15(12)13/h3,5,8,13-14H,4,6-7,9-11H2,1-2H3. The van der Waals surface area contributed by atoms with Gasteiger partial charge in [-0.05, 0) is 58.1 Å². The van der Waals surface area contributed by atoms with Crippen LogP contribution in [0.3, 0.4) is 0 Å². The molecule has 0 saturated carbocycles. The van der Waals surface area contributed by atoms with Gasteiger partial charge in [-0.15, -0.1) is 0 Å². The number of ketones is 1. The molecule has 0 aromatic carbocycles. The summed E-state index contributed by atoms with van der Waals surface area (Å²) in [6.45, 7) is 2.92. The lowest BCUT2D eigenvalue weighted by Gasteiger charge is -2.28. The molecule has 108 valence electrons. The van der Waals surface area contributed by atoms with E-state index in [0.717, 1.165) is 44.6 Å². The molecule has 20 heavy (non-hydrogen) atoms. The Balaban J connectivity index is 1.82. The molecule has 2 aliphatic rings. The number of carbonyl (C=O) groups excluding carboxylic acids is 1. The average Bonchev–Trinajstić information content (AvgIpc) is 2.80. The smallest absolute Gasteiger partial charge is 0.160 e. The van der Waals surface area contributed by atoms with E-state index in [0.29, 0.717) is 5.78 Å². The lowest BCUT2D eigenvalue weighted by molar-refractivity contribution is -0.125. The van der Waals surface area contributed by atoms with E-state index >= 15 is 0 Å². The summed E-state index contributed by atoms with van der Waals surface area (Å²) >= 11 is 0. The van der Waals surface area contributed by atoms with Crippen molar-refractivity contribution in [1.29, 1.82) is 0 Å². The molecule has 1 aromatic rings. The third-order valence-electron chi connectivity index (χ3n) is 4.70. The fourth-order valence-electron chi connectivity index (χ4n) is 3.50. The first-order valence-electron chi connectivity index (χ1n) is 7.53.